The third-order valence-corrected chi connectivity index (χ3v) is 9.64. The van der Waals surface area contributed by atoms with Gasteiger partial charge in [0.05, 0.1) is 30.9 Å². The Balaban J connectivity index is 0. The first-order chi connectivity index (χ1) is 24.4. The summed E-state index contributed by atoms with van der Waals surface area (Å²) in [6, 6.07) is 13.2. The Labute approximate surface area is 368 Å². The first-order valence-corrected chi connectivity index (χ1v) is 23.3. The summed E-state index contributed by atoms with van der Waals surface area (Å²) >= 11 is 28.1. The number of amides is 2. The summed E-state index contributed by atoms with van der Waals surface area (Å²) in [4.78, 5) is 28.0. The second-order valence-electron chi connectivity index (χ2n) is 13.8. The molecule has 0 bridgehead atoms. The van der Waals surface area contributed by atoms with Crippen LogP contribution in [0.25, 0.3) is 0 Å². The number of ether oxygens (including phenoxy) is 2. The lowest BCUT2D eigenvalue weighted by molar-refractivity contribution is -0.136. The predicted octanol–water partition coefficient (Wildman–Crippen LogP) is 12.5. The van der Waals surface area contributed by atoms with E-state index < -0.39 is 3.25 Å². The molecule has 2 N–H and O–H groups in total. The number of nitrogens with zero attached hydrogens (tertiary/aromatic N) is 2. The molecule has 4 rings (SSSR count). The Hall–Kier alpha value is -0.500. The summed E-state index contributed by atoms with van der Waals surface area (Å²) in [6.07, 6.45) is 7.06. The maximum absolute atomic E-state index is 12.1. The van der Waals surface area contributed by atoms with Crippen molar-refractivity contribution in [3.63, 3.8) is 0 Å². The smallest absolute Gasteiger partial charge is 0.266 e. The molecule has 0 spiro atoms. The van der Waals surface area contributed by atoms with Gasteiger partial charge in [-0.2, -0.15) is 0 Å². The van der Waals surface area contributed by atoms with Crippen LogP contribution in [-0.2, 0) is 29.9 Å². The molecule has 54 heavy (non-hydrogen) atoms. The molecule has 2 aromatic rings. The minimum Gasteiger partial charge on any atom is -0.508 e. The molecule has 0 aliphatic carbocycles. The third-order valence-electron chi connectivity index (χ3n) is 8.97. The Morgan fingerprint density at radius 1 is 0.685 bits per heavy atom. The standard InChI is InChI=1S/C18H26BrNO3.C18H27NO3.CCl4.2CH4.Br2/c1-18(2,14-6-7-15(19)16(21)13-14)8-4-3-5-17(22)20-9-11-23-12-10-20;1-18(2,15-6-5-7-16(20)14-15)9-4-3-8-17(21)19-10-12-22-13-11-19;2-1(3,4)5;;;1-2/h6-7,13,21H,3-5,8-12H2,1-2H3;5-7,14,20H,3-4,8-13H2,1-2H3;;2*1H4;. The van der Waals surface area contributed by atoms with Crippen LogP contribution >= 0.6 is 90.6 Å². The fraction of sp³-hybridized carbons (Fsp3) is 0.641. The number of halogens is 7. The van der Waals surface area contributed by atoms with Crippen LogP contribution in [0.1, 0.15) is 105 Å². The second kappa shape index (κ2) is 28.8. The molecule has 2 aliphatic heterocycles. The van der Waals surface area contributed by atoms with Crippen LogP contribution in [0.3, 0.4) is 0 Å². The van der Waals surface area contributed by atoms with Crippen molar-refractivity contribution in [3.05, 3.63) is 58.1 Å². The first-order valence-electron chi connectivity index (χ1n) is 17.3. The number of hydrogen-bond acceptors (Lipinski definition) is 6. The van der Waals surface area contributed by atoms with Crippen molar-refractivity contribution in [1.29, 1.82) is 0 Å². The van der Waals surface area contributed by atoms with Crippen molar-refractivity contribution in [2.45, 2.75) is 108 Å². The van der Waals surface area contributed by atoms with Crippen LogP contribution in [0.15, 0.2) is 46.9 Å². The van der Waals surface area contributed by atoms with Crippen molar-refractivity contribution < 1.29 is 29.3 Å². The van der Waals surface area contributed by atoms with E-state index in [4.69, 9.17) is 55.9 Å². The topological polar surface area (TPSA) is 99.5 Å². The quantitative estimate of drug-likeness (QED) is 0.162. The molecule has 0 saturated carbocycles. The van der Waals surface area contributed by atoms with E-state index in [2.05, 4.69) is 77.9 Å². The van der Waals surface area contributed by atoms with Crippen LogP contribution < -0.4 is 0 Å². The molecule has 2 heterocycles. The lowest BCUT2D eigenvalue weighted by Crippen LogP contribution is -2.40. The number of aromatic hydroxyl groups is 2. The van der Waals surface area contributed by atoms with Gasteiger partial charge in [0.2, 0.25) is 11.8 Å². The van der Waals surface area contributed by atoms with Gasteiger partial charge in [-0.15, -0.1) is 0 Å². The molecule has 8 nitrogen and oxygen atoms in total. The van der Waals surface area contributed by atoms with Crippen LogP contribution in [0.5, 0.6) is 11.5 Å². The zero-order chi connectivity index (χ0) is 39.4. The van der Waals surface area contributed by atoms with Gasteiger partial charge in [0.15, 0.2) is 0 Å². The van der Waals surface area contributed by atoms with Gasteiger partial charge in [-0.25, -0.2) is 0 Å². The van der Waals surface area contributed by atoms with E-state index >= 15 is 0 Å². The molecule has 312 valence electrons. The largest absolute Gasteiger partial charge is 0.508 e. The van der Waals surface area contributed by atoms with Gasteiger partial charge in [-0.3, -0.25) is 9.59 Å². The van der Waals surface area contributed by atoms with E-state index in [1.807, 2.05) is 40.1 Å². The summed E-state index contributed by atoms with van der Waals surface area (Å²) in [7, 11) is 0. The van der Waals surface area contributed by atoms with Crippen molar-refractivity contribution in [1.82, 2.24) is 9.80 Å². The molecule has 0 unspecified atom stereocenters. The SMILES string of the molecule is BrBr.C.C.CC(C)(CCCCC(=O)N1CCOCC1)c1ccc(Br)c(O)c1.CC(C)(CCCCC(=O)N1CCOCC1)c1cccc(O)c1.ClC(Cl)(Cl)Cl. The Kier molecular flexibility index (Phi) is 29.7. The molecule has 0 radical (unpaired) electrons. The van der Waals surface area contributed by atoms with Gasteiger partial charge in [0.1, 0.15) is 11.5 Å². The highest BCUT2D eigenvalue weighted by atomic mass is 80.9. The number of unbranched alkanes of at least 4 members (excludes halogenated alkanes) is 2. The van der Waals surface area contributed by atoms with Crippen LogP contribution in [0, 0.1) is 0 Å². The second-order valence-corrected chi connectivity index (χ2v) is 18.1. The highest BCUT2D eigenvalue weighted by molar-refractivity contribution is 9.93. The third kappa shape index (κ3) is 23.7. The lowest BCUT2D eigenvalue weighted by Gasteiger charge is -2.28. The number of phenols is 2. The number of alkyl halides is 4. The van der Waals surface area contributed by atoms with Crippen LogP contribution in [0.4, 0.5) is 0 Å². The molecule has 2 aliphatic rings. The Morgan fingerprint density at radius 3 is 1.44 bits per heavy atom. The fourth-order valence-electron chi connectivity index (χ4n) is 5.78. The van der Waals surface area contributed by atoms with Gasteiger partial charge >= 0.3 is 0 Å². The molecule has 0 atom stereocenters. The predicted molar refractivity (Wildman–Crippen MR) is 239 cm³/mol. The normalized spacial score (nSPS) is 14.4. The average molecular weight is 1040 g/mol. The maximum Gasteiger partial charge on any atom is 0.266 e. The van der Waals surface area contributed by atoms with E-state index in [1.54, 1.807) is 6.07 Å². The maximum atomic E-state index is 12.1. The van der Waals surface area contributed by atoms with Crippen molar-refractivity contribution >= 4 is 102 Å². The summed E-state index contributed by atoms with van der Waals surface area (Å²) in [6.45, 7) is 14.3. The Bertz CT molecular complexity index is 1330. The number of phenolic OH excluding ortho intramolecular Hbond substituents is 2. The van der Waals surface area contributed by atoms with E-state index in [1.165, 1.54) is 0 Å². The molecular weight excluding hydrogens is 974 g/mol. The monoisotopic (exact) mass is 1030 g/mol. The average Bonchev–Trinajstić information content (AvgIpc) is 3.11. The molecule has 2 aromatic carbocycles. The fourth-order valence-corrected chi connectivity index (χ4v) is 6.02. The minimum atomic E-state index is -1.61. The molecule has 2 saturated heterocycles. The van der Waals surface area contributed by atoms with E-state index in [-0.39, 0.29) is 43.2 Å². The summed E-state index contributed by atoms with van der Waals surface area (Å²) in [5.74, 6) is 1.08. The van der Waals surface area contributed by atoms with Crippen LogP contribution in [0.2, 0.25) is 0 Å². The highest BCUT2D eigenvalue weighted by Gasteiger charge is 2.23. The lowest BCUT2D eigenvalue weighted by atomic mass is 9.80. The number of carbonyl (C=O) groups excluding carboxylic acids is 2. The van der Waals surface area contributed by atoms with E-state index in [9.17, 15) is 19.8 Å². The number of benzene rings is 2. The van der Waals surface area contributed by atoms with Gasteiger partial charge in [-0.05, 0) is 87.8 Å². The van der Waals surface area contributed by atoms with Gasteiger partial charge in [-0.1, -0.05) is 120 Å². The number of rotatable bonds is 12. The summed E-state index contributed by atoms with van der Waals surface area (Å²) < 4.78 is 9.64. The zero-order valence-electron chi connectivity index (χ0n) is 30.4. The number of morpholine rings is 2. The molecule has 2 fully saturated rings. The van der Waals surface area contributed by atoms with Crippen LogP contribution in [-0.4, -0.2) is 87.7 Å². The Morgan fingerprint density at radius 2 is 1.07 bits per heavy atom. The van der Waals surface area contributed by atoms with Gasteiger partial charge in [0.25, 0.3) is 3.25 Å². The zero-order valence-corrected chi connectivity index (χ0v) is 38.2. The van der Waals surface area contributed by atoms with Gasteiger partial charge < -0.3 is 29.5 Å². The van der Waals surface area contributed by atoms with Crippen molar-refractivity contribution in [2.24, 2.45) is 0 Å². The van der Waals surface area contributed by atoms with E-state index in [0.717, 1.165) is 75.8 Å². The number of hydrogen-bond donors (Lipinski definition) is 2. The molecular formula is C39H61Br3Cl4N2O6. The minimum absolute atomic E-state index is 0. The number of carbonyl (C=O) groups is 2. The molecule has 2 amide bonds. The first kappa shape index (κ1) is 55.6. The highest BCUT2D eigenvalue weighted by Crippen LogP contribution is 2.35. The summed E-state index contributed by atoms with van der Waals surface area (Å²) in [5, 5.41) is 19.4. The van der Waals surface area contributed by atoms with Crippen molar-refractivity contribution in [3.8, 4) is 11.5 Å². The van der Waals surface area contributed by atoms with Gasteiger partial charge in [0, 0.05) is 67.3 Å². The van der Waals surface area contributed by atoms with Crippen molar-refractivity contribution in [2.75, 3.05) is 52.6 Å². The summed E-state index contributed by atoms with van der Waals surface area (Å²) in [5.41, 5.74) is 2.27. The van der Waals surface area contributed by atoms with E-state index in [0.29, 0.717) is 49.5 Å². The molecule has 15 heteroatoms. The molecule has 0 aromatic heterocycles.